The van der Waals surface area contributed by atoms with Crippen LogP contribution in [0.2, 0.25) is 5.02 Å². The third kappa shape index (κ3) is 3.00. The molecule has 1 N–H and O–H groups in total. The number of imidazole rings is 1. The van der Waals surface area contributed by atoms with E-state index >= 15 is 0 Å². The largest absolute Gasteiger partial charge is 0.384 e. The van der Waals surface area contributed by atoms with E-state index in [4.69, 9.17) is 11.6 Å². The molecule has 0 spiro atoms. The zero-order valence-corrected chi connectivity index (χ0v) is 12.6. The van der Waals surface area contributed by atoms with Crippen LogP contribution in [0.5, 0.6) is 0 Å². The highest BCUT2D eigenvalue weighted by Crippen LogP contribution is 2.19. The van der Waals surface area contributed by atoms with Crippen LogP contribution in [-0.2, 0) is 13.5 Å². The second kappa shape index (κ2) is 6.14. The van der Waals surface area contributed by atoms with E-state index in [1.807, 2.05) is 24.3 Å². The van der Waals surface area contributed by atoms with E-state index in [2.05, 4.69) is 33.0 Å². The molecule has 3 aromatic rings. The molecule has 5 heteroatoms. The highest BCUT2D eigenvalue weighted by atomic mass is 35.5. The average molecular weight is 301 g/mol. The summed E-state index contributed by atoms with van der Waals surface area (Å²) < 4.78 is 2.16. The Bertz CT molecular complexity index is 751. The molecule has 2 heterocycles. The standard InChI is InChI=1S/C16H17ClN4/c1-21-15-6-3-2-5-14(15)20-16(21)7-4-9-19-13-8-10-18-11-12(13)17/h2-3,5-6,8,10-11H,4,7,9H2,1H3,(H,18,19). The van der Waals surface area contributed by atoms with Gasteiger partial charge in [-0.25, -0.2) is 4.98 Å². The molecule has 0 fully saturated rings. The van der Waals surface area contributed by atoms with Crippen molar-refractivity contribution in [3.05, 3.63) is 53.6 Å². The number of aryl methyl sites for hydroxylation is 2. The second-order valence-corrected chi connectivity index (χ2v) is 5.37. The number of halogens is 1. The molecular weight excluding hydrogens is 284 g/mol. The second-order valence-electron chi connectivity index (χ2n) is 4.96. The van der Waals surface area contributed by atoms with Gasteiger partial charge >= 0.3 is 0 Å². The van der Waals surface area contributed by atoms with Gasteiger partial charge in [-0.05, 0) is 24.6 Å². The molecule has 0 aliphatic rings. The first-order chi connectivity index (χ1) is 10.3. The van der Waals surface area contributed by atoms with Crippen LogP contribution in [0.25, 0.3) is 11.0 Å². The summed E-state index contributed by atoms with van der Waals surface area (Å²) >= 11 is 6.06. The fourth-order valence-corrected chi connectivity index (χ4v) is 2.59. The van der Waals surface area contributed by atoms with Crippen LogP contribution >= 0.6 is 11.6 Å². The van der Waals surface area contributed by atoms with Crippen molar-refractivity contribution < 1.29 is 0 Å². The zero-order chi connectivity index (χ0) is 14.7. The predicted octanol–water partition coefficient (Wildman–Crippen LogP) is 3.67. The number of anilines is 1. The molecule has 0 atom stereocenters. The van der Waals surface area contributed by atoms with Crippen molar-refractivity contribution >= 4 is 28.3 Å². The number of benzene rings is 1. The van der Waals surface area contributed by atoms with Gasteiger partial charge in [0.2, 0.25) is 0 Å². The number of nitrogens with one attached hydrogen (secondary N) is 1. The lowest BCUT2D eigenvalue weighted by atomic mass is 10.3. The minimum absolute atomic E-state index is 0.653. The van der Waals surface area contributed by atoms with Gasteiger partial charge in [-0.3, -0.25) is 4.98 Å². The molecule has 3 rings (SSSR count). The Morgan fingerprint density at radius 1 is 1.24 bits per heavy atom. The van der Waals surface area contributed by atoms with Gasteiger partial charge in [-0.1, -0.05) is 23.7 Å². The number of nitrogens with zero attached hydrogens (tertiary/aromatic N) is 3. The SMILES string of the molecule is Cn1c(CCCNc2ccncc2Cl)nc2ccccc21. The molecule has 0 bridgehead atoms. The van der Waals surface area contributed by atoms with Crippen LogP contribution in [0.1, 0.15) is 12.2 Å². The number of para-hydroxylation sites is 2. The molecule has 1 aromatic carbocycles. The van der Waals surface area contributed by atoms with Crippen molar-refractivity contribution in [2.45, 2.75) is 12.8 Å². The molecule has 0 amide bonds. The summed E-state index contributed by atoms with van der Waals surface area (Å²) in [5, 5.41) is 3.98. The van der Waals surface area contributed by atoms with E-state index in [-0.39, 0.29) is 0 Å². The van der Waals surface area contributed by atoms with Gasteiger partial charge in [0.05, 0.1) is 21.7 Å². The van der Waals surface area contributed by atoms with E-state index in [0.717, 1.165) is 36.4 Å². The molecule has 4 nitrogen and oxygen atoms in total. The lowest BCUT2D eigenvalue weighted by Gasteiger charge is -2.07. The number of hydrogen-bond acceptors (Lipinski definition) is 3. The van der Waals surface area contributed by atoms with Crippen molar-refractivity contribution in [3.8, 4) is 0 Å². The predicted molar refractivity (Wildman–Crippen MR) is 86.8 cm³/mol. The van der Waals surface area contributed by atoms with Crippen LogP contribution in [0.3, 0.4) is 0 Å². The summed E-state index contributed by atoms with van der Waals surface area (Å²) in [6.45, 7) is 0.854. The molecular formula is C16H17ClN4. The van der Waals surface area contributed by atoms with Gasteiger partial charge in [-0.15, -0.1) is 0 Å². The zero-order valence-electron chi connectivity index (χ0n) is 11.9. The summed E-state index contributed by atoms with van der Waals surface area (Å²) in [6, 6.07) is 10.1. The number of aromatic nitrogens is 3. The fraction of sp³-hybridized carbons (Fsp3) is 0.250. The molecule has 0 aliphatic heterocycles. The van der Waals surface area contributed by atoms with Crippen LogP contribution in [0.4, 0.5) is 5.69 Å². The van der Waals surface area contributed by atoms with E-state index in [9.17, 15) is 0 Å². The van der Waals surface area contributed by atoms with E-state index in [1.165, 1.54) is 5.52 Å². The Balaban J connectivity index is 1.60. The first kappa shape index (κ1) is 13.9. The van der Waals surface area contributed by atoms with Crippen molar-refractivity contribution in [1.29, 1.82) is 0 Å². The minimum Gasteiger partial charge on any atom is -0.384 e. The third-order valence-electron chi connectivity index (χ3n) is 3.54. The molecule has 21 heavy (non-hydrogen) atoms. The quantitative estimate of drug-likeness (QED) is 0.731. The number of fused-ring (bicyclic) bond motifs is 1. The minimum atomic E-state index is 0.653. The number of hydrogen-bond donors (Lipinski definition) is 1. The number of pyridine rings is 1. The van der Waals surface area contributed by atoms with Crippen molar-refractivity contribution in [2.24, 2.45) is 7.05 Å². The van der Waals surface area contributed by atoms with Gasteiger partial charge in [0, 0.05) is 32.4 Å². The Hall–Kier alpha value is -2.07. The van der Waals surface area contributed by atoms with Gasteiger partial charge in [0.15, 0.2) is 0 Å². The highest BCUT2D eigenvalue weighted by Gasteiger charge is 2.06. The molecule has 0 unspecified atom stereocenters. The Kier molecular flexibility index (Phi) is 4.06. The van der Waals surface area contributed by atoms with Crippen LogP contribution in [0.15, 0.2) is 42.7 Å². The van der Waals surface area contributed by atoms with Gasteiger partial charge < -0.3 is 9.88 Å². The maximum Gasteiger partial charge on any atom is 0.109 e. The Morgan fingerprint density at radius 3 is 2.90 bits per heavy atom. The summed E-state index contributed by atoms with van der Waals surface area (Å²) in [4.78, 5) is 8.64. The van der Waals surface area contributed by atoms with Crippen molar-refractivity contribution in [1.82, 2.24) is 14.5 Å². The summed E-state index contributed by atoms with van der Waals surface area (Å²) in [7, 11) is 2.07. The summed E-state index contributed by atoms with van der Waals surface area (Å²) in [5.74, 6) is 1.11. The summed E-state index contributed by atoms with van der Waals surface area (Å²) in [5.41, 5.74) is 3.16. The lowest BCUT2D eigenvalue weighted by Crippen LogP contribution is -2.06. The first-order valence-corrected chi connectivity index (χ1v) is 7.37. The average Bonchev–Trinajstić information content (AvgIpc) is 2.82. The van der Waals surface area contributed by atoms with E-state index < -0.39 is 0 Å². The van der Waals surface area contributed by atoms with Crippen molar-refractivity contribution in [2.75, 3.05) is 11.9 Å². The monoisotopic (exact) mass is 300 g/mol. The molecule has 0 saturated heterocycles. The van der Waals surface area contributed by atoms with Gasteiger partial charge in [0.1, 0.15) is 5.82 Å². The van der Waals surface area contributed by atoms with Crippen LogP contribution < -0.4 is 5.32 Å². The molecule has 2 aromatic heterocycles. The smallest absolute Gasteiger partial charge is 0.109 e. The fourth-order valence-electron chi connectivity index (χ4n) is 2.41. The summed E-state index contributed by atoms with van der Waals surface area (Å²) in [6.07, 6.45) is 5.31. The lowest BCUT2D eigenvalue weighted by molar-refractivity contribution is 0.753. The maximum absolute atomic E-state index is 6.06. The Morgan fingerprint density at radius 2 is 2.10 bits per heavy atom. The topological polar surface area (TPSA) is 42.7 Å². The normalized spacial score (nSPS) is 11.0. The third-order valence-corrected chi connectivity index (χ3v) is 3.85. The molecule has 0 radical (unpaired) electrons. The van der Waals surface area contributed by atoms with E-state index in [0.29, 0.717) is 5.02 Å². The molecule has 108 valence electrons. The Labute approximate surface area is 128 Å². The van der Waals surface area contributed by atoms with E-state index in [1.54, 1.807) is 12.4 Å². The van der Waals surface area contributed by atoms with Gasteiger partial charge in [0.25, 0.3) is 0 Å². The number of rotatable bonds is 5. The van der Waals surface area contributed by atoms with Crippen molar-refractivity contribution in [3.63, 3.8) is 0 Å². The highest BCUT2D eigenvalue weighted by molar-refractivity contribution is 6.33. The maximum atomic E-state index is 6.06. The molecule has 0 aliphatic carbocycles. The molecule has 0 saturated carbocycles. The van der Waals surface area contributed by atoms with Crippen LogP contribution in [0, 0.1) is 0 Å². The first-order valence-electron chi connectivity index (χ1n) is 6.99. The van der Waals surface area contributed by atoms with Crippen LogP contribution in [-0.4, -0.2) is 21.1 Å². The van der Waals surface area contributed by atoms with Gasteiger partial charge in [-0.2, -0.15) is 0 Å².